The van der Waals surface area contributed by atoms with E-state index in [1.807, 2.05) is 60.1 Å². The summed E-state index contributed by atoms with van der Waals surface area (Å²) in [6.07, 6.45) is 8.47. The number of amides is 6. The van der Waals surface area contributed by atoms with Gasteiger partial charge in [-0.3, -0.25) is 38.1 Å². The third-order valence-electron chi connectivity index (χ3n) is 20.3. The summed E-state index contributed by atoms with van der Waals surface area (Å²) in [6, 6.07) is 33.0. The van der Waals surface area contributed by atoms with Crippen LogP contribution >= 0.6 is 0 Å². The fraction of sp³-hybridized carbons (Fsp3) is 0.506. The third kappa shape index (κ3) is 26.3. The zero-order valence-corrected chi connectivity index (χ0v) is 65.6. The number of hydrogen-bond acceptors (Lipinski definition) is 22. The van der Waals surface area contributed by atoms with Crippen molar-refractivity contribution in [2.75, 3.05) is 109 Å². The number of hydroxylamine groups is 2. The van der Waals surface area contributed by atoms with Crippen LogP contribution in [0.3, 0.4) is 0 Å². The molecule has 5 aliphatic heterocycles. The van der Waals surface area contributed by atoms with Crippen molar-refractivity contribution in [1.29, 1.82) is 0 Å². The summed E-state index contributed by atoms with van der Waals surface area (Å²) in [6.45, 7) is 16.5. The van der Waals surface area contributed by atoms with Crippen LogP contribution in [0.15, 0.2) is 122 Å². The van der Waals surface area contributed by atoms with Crippen LogP contribution in [0.4, 0.5) is 11.4 Å². The molecule has 6 amide bonds. The number of carbonyl (C=O) groups is 7. The first-order valence-corrected chi connectivity index (χ1v) is 39.7. The molecule has 7 aliphatic rings. The zero-order chi connectivity index (χ0) is 79.8. The fourth-order valence-corrected chi connectivity index (χ4v) is 14.1. The summed E-state index contributed by atoms with van der Waals surface area (Å²) < 4.78 is 43.3. The van der Waals surface area contributed by atoms with Crippen molar-refractivity contribution >= 4 is 62.9 Å². The lowest BCUT2D eigenvalue weighted by atomic mass is 9.67. The number of nitrogens with zero attached hydrogens (tertiary/aromatic N) is 13. The Balaban J connectivity index is 0.000000199. The highest BCUT2D eigenvalue weighted by Gasteiger charge is 2.35. The Kier molecular flexibility index (Phi) is 30.9. The summed E-state index contributed by atoms with van der Waals surface area (Å²) in [5, 5.41) is 53.9. The maximum absolute atomic E-state index is 12.7. The maximum atomic E-state index is 12.7. The summed E-state index contributed by atoms with van der Waals surface area (Å²) in [7, 11) is 4.09. The fourth-order valence-electron chi connectivity index (χ4n) is 13.6. The van der Waals surface area contributed by atoms with E-state index in [2.05, 4.69) is 122 Å². The highest BCUT2D eigenvalue weighted by atomic mass is 32.2. The Hall–Kier alpha value is -9.96. The Morgan fingerprint density at radius 3 is 1.50 bits per heavy atom. The number of carbonyl (C=O) groups excluding carboxylic acids is 7. The molecular formula is C79H106N17O14S-. The van der Waals surface area contributed by atoms with Crippen LogP contribution in [0.25, 0.3) is 0 Å². The Labute approximate surface area is 649 Å². The van der Waals surface area contributed by atoms with Gasteiger partial charge in [-0.05, 0) is 129 Å². The molecule has 9 heterocycles. The second-order valence-electron chi connectivity index (χ2n) is 30.3. The molecule has 2 atom stereocenters. The lowest BCUT2D eigenvalue weighted by molar-refractivity contribution is -0.904. The number of benzene rings is 3. The molecule has 4 N–H and O–H groups in total. The van der Waals surface area contributed by atoms with Gasteiger partial charge in [-0.15, -0.1) is 27.5 Å². The SMILES string of the molecule is CC1C([O-])C(c2ccc(N(CCOCC(=O)ON3C(=O)CCC3=O)CCn3cc(C[N+](C)(C)CCCS(=O)(=O)[O-])nn3)cc2)C1[O-].CCCC[N+](C)(C)Cc1cn(CCN(CC)c2ccc(C)cc2)nn1.O=C1NCc2ccc(cc2)CNC(=O)c2cccc(n2)C(=O)NCC2CCC(CC2)CNC(=O)c2cccc1n2. The van der Waals surface area contributed by atoms with Crippen LogP contribution in [0.5, 0.6) is 0 Å². The molecule has 0 spiro atoms. The zero-order valence-electron chi connectivity index (χ0n) is 64.8. The average molecular weight is 1550 g/mol. The Morgan fingerprint density at radius 2 is 1.04 bits per heavy atom. The van der Waals surface area contributed by atoms with Gasteiger partial charge in [0.2, 0.25) is 0 Å². The Morgan fingerprint density at radius 1 is 0.595 bits per heavy atom. The van der Waals surface area contributed by atoms with Crippen molar-refractivity contribution in [2.45, 2.75) is 143 Å². The monoisotopic (exact) mass is 1550 g/mol. The minimum atomic E-state index is -4.27. The van der Waals surface area contributed by atoms with Gasteiger partial charge in [0.15, 0.2) is 0 Å². The van der Waals surface area contributed by atoms with Crippen molar-refractivity contribution in [3.63, 3.8) is 0 Å². The number of likely N-dealkylation sites (N-methyl/N-ethyl adjacent to an activating group) is 1. The van der Waals surface area contributed by atoms with E-state index in [9.17, 15) is 56.7 Å². The number of pyridine rings is 2. The molecule has 7 aromatic rings. The van der Waals surface area contributed by atoms with Gasteiger partial charge >= 0.3 is 5.97 Å². The number of aryl methyl sites for hydroxylation is 1. The molecule has 14 rings (SSSR count). The molecule has 0 radical (unpaired) electrons. The van der Waals surface area contributed by atoms with Crippen molar-refractivity contribution < 1.29 is 75.3 Å². The summed E-state index contributed by atoms with van der Waals surface area (Å²) in [5.74, 6) is -4.12. The molecule has 8 bridgehead atoms. The maximum Gasteiger partial charge on any atom is 0.358 e. The predicted octanol–water partition coefficient (Wildman–Crippen LogP) is 4.22. The molecule has 3 fully saturated rings. The number of anilines is 2. The van der Waals surface area contributed by atoms with Crippen LogP contribution < -0.4 is 41.3 Å². The number of imide groups is 1. The smallest absolute Gasteiger partial charge is 0.358 e. The first-order chi connectivity index (χ1) is 53.0. The third-order valence-corrected chi connectivity index (χ3v) is 21.1. The van der Waals surface area contributed by atoms with E-state index in [0.29, 0.717) is 78.5 Å². The molecule has 2 saturated carbocycles. The van der Waals surface area contributed by atoms with Crippen LogP contribution in [0.2, 0.25) is 0 Å². The second kappa shape index (κ2) is 40.3. The largest absolute Gasteiger partial charge is 0.851 e. The predicted molar refractivity (Wildman–Crippen MR) is 408 cm³/mol. The lowest BCUT2D eigenvalue weighted by Crippen LogP contribution is -2.64. The normalized spacial score (nSPS) is 19.1. The van der Waals surface area contributed by atoms with Gasteiger partial charge in [-0.2, -0.15) is 0 Å². The van der Waals surface area contributed by atoms with E-state index in [4.69, 9.17) is 9.57 Å². The number of nitrogens with one attached hydrogen (secondary N) is 4. The highest BCUT2D eigenvalue weighted by molar-refractivity contribution is 7.85. The number of hydrogen-bond donors (Lipinski definition) is 4. The summed E-state index contributed by atoms with van der Waals surface area (Å²) >= 11 is 0. The number of rotatable bonds is 27. The topological polar surface area (TPSA) is 386 Å². The summed E-state index contributed by atoms with van der Waals surface area (Å²) in [5.41, 5.74) is 8.31. The molecule has 2 aliphatic carbocycles. The average Bonchev–Trinajstić information content (AvgIpc) is 1.50. The molecule has 1 saturated heterocycles. The first kappa shape index (κ1) is 85.0. The quantitative estimate of drug-likeness (QED) is 0.0242. The van der Waals surface area contributed by atoms with Crippen molar-refractivity contribution in [2.24, 2.45) is 17.8 Å². The lowest BCUT2D eigenvalue weighted by Gasteiger charge is -2.60. The van der Waals surface area contributed by atoms with Crippen LogP contribution in [0.1, 0.15) is 160 Å². The number of unbranched alkanes of at least 4 members (excludes halogenated alkanes) is 1. The molecule has 31 nitrogen and oxygen atoms in total. The number of aromatic nitrogens is 8. The van der Waals surface area contributed by atoms with Gasteiger partial charge in [0.05, 0.1) is 83.5 Å². The summed E-state index contributed by atoms with van der Waals surface area (Å²) in [4.78, 5) is 104. The second-order valence-corrected chi connectivity index (χ2v) is 31.8. The minimum absolute atomic E-state index is 0.00936. The highest BCUT2D eigenvalue weighted by Crippen LogP contribution is 2.39. The molecule has 4 aromatic heterocycles. The van der Waals surface area contributed by atoms with Crippen LogP contribution in [-0.2, 0) is 73.3 Å². The van der Waals surface area contributed by atoms with Gasteiger partial charge < -0.3 is 64.4 Å². The molecule has 2 unspecified atom stereocenters. The molecule has 3 aromatic carbocycles. The van der Waals surface area contributed by atoms with E-state index >= 15 is 0 Å². The Bertz CT molecular complexity index is 4230. The standard InChI is InChI=1S/C30H32N6O4.C29H41N6O10S.C20H34N5/c37-27-23-3-1-4-24(35-23)28(38)32-16-20-9-13-22(14-10-20)18-34-30(40)26-6-2-5-25(36-26)29(39)33-17-21-11-7-19(8-12-21)15-31-27;1-20-28(39)27(29(20)40)21-5-7-23(8-6-21)32(13-15-44-19-26(38)45-34-24(36)9-10-25(34)37)11-12-33-17-22(30-31-33)18-35(2,3)14-4-16-46(41,42)43;1-6-8-15-25(4,5)17-19-16-24(22-21-19)14-13-23(7-2)20-11-9-18(3)10-12-20/h1-8,11-12,20,22H,9-10,13-18H2,(H,31,37)(H,32,38)(H,33,39)(H,34,40);5-8,17,20,27-29H,4,9-16,18-19H2,1-3H3,(H,41,42,43);9-12,16H,6-8,13-15,17H2,1-5H3/q;-1;+1/p-1. The van der Waals surface area contributed by atoms with Crippen molar-refractivity contribution in [1.82, 2.24) is 66.3 Å². The molecular weight excluding hydrogens is 1440 g/mol. The van der Waals surface area contributed by atoms with Crippen LogP contribution in [0, 0.1) is 24.7 Å². The van der Waals surface area contributed by atoms with E-state index in [-0.39, 0.29) is 85.4 Å². The van der Waals surface area contributed by atoms with Gasteiger partial charge in [0, 0.05) is 88.7 Å². The van der Waals surface area contributed by atoms with Crippen molar-refractivity contribution in [3.8, 4) is 0 Å². The van der Waals surface area contributed by atoms with E-state index in [1.54, 1.807) is 66.3 Å². The number of ether oxygens (including phenoxy) is 1. The van der Waals surface area contributed by atoms with E-state index in [1.165, 1.54) is 30.6 Å². The van der Waals surface area contributed by atoms with Gasteiger partial charge in [0.25, 0.3) is 35.4 Å². The minimum Gasteiger partial charge on any atom is -0.851 e. The van der Waals surface area contributed by atoms with E-state index in [0.717, 1.165) is 78.9 Å². The molecule has 111 heavy (non-hydrogen) atoms. The van der Waals surface area contributed by atoms with Crippen molar-refractivity contribution in [3.05, 3.63) is 178 Å². The van der Waals surface area contributed by atoms with Gasteiger partial charge in [-0.25, -0.2) is 23.2 Å². The first-order valence-electron chi connectivity index (χ1n) is 38.1. The van der Waals surface area contributed by atoms with E-state index < -0.39 is 64.3 Å². The molecule has 32 heteroatoms. The van der Waals surface area contributed by atoms with Gasteiger partial charge in [-0.1, -0.05) is 103 Å². The number of quaternary nitrogens is 2. The van der Waals surface area contributed by atoms with Crippen LogP contribution in [-0.4, -0.2) is 220 Å². The van der Waals surface area contributed by atoms with Gasteiger partial charge in [0.1, 0.15) is 53.9 Å². The molecule has 598 valence electrons.